The number of fused-ring (bicyclic) bond motifs is 1. The van der Waals surface area contributed by atoms with Gasteiger partial charge in [-0.3, -0.25) is 10.1 Å². The van der Waals surface area contributed by atoms with E-state index in [1.165, 1.54) is 6.07 Å². The summed E-state index contributed by atoms with van der Waals surface area (Å²) in [7, 11) is 0. The van der Waals surface area contributed by atoms with Crippen LogP contribution in [0.1, 0.15) is 23.7 Å². The Labute approximate surface area is 145 Å². The smallest absolute Gasteiger partial charge is 0.295 e. The first kappa shape index (κ1) is 16.9. The van der Waals surface area contributed by atoms with Crippen LogP contribution in [-0.2, 0) is 0 Å². The standard InChI is InChI=1S/C19H19N3O3/c1-13-12-17(15-8-5-9-18(22(24)25)19(15)20-13)21-16(10-11-23)14-6-3-2-4-7-14/h2-9,12,16,23H,10-11H2,1H3,(H,20,21)/t16-/m0/s1. The van der Waals surface area contributed by atoms with E-state index < -0.39 is 4.92 Å². The molecule has 1 aromatic heterocycles. The number of para-hydroxylation sites is 1. The zero-order valence-electron chi connectivity index (χ0n) is 13.8. The highest BCUT2D eigenvalue weighted by Crippen LogP contribution is 2.32. The Hall–Kier alpha value is -2.99. The summed E-state index contributed by atoms with van der Waals surface area (Å²) < 4.78 is 0. The van der Waals surface area contributed by atoms with Crippen molar-refractivity contribution in [3.63, 3.8) is 0 Å². The number of nitro groups is 1. The number of rotatable bonds is 6. The highest BCUT2D eigenvalue weighted by Gasteiger charge is 2.18. The normalized spacial score (nSPS) is 12.1. The molecule has 0 radical (unpaired) electrons. The first-order chi connectivity index (χ1) is 12.1. The number of hydrogen-bond donors (Lipinski definition) is 2. The van der Waals surface area contributed by atoms with Crippen molar-refractivity contribution >= 4 is 22.3 Å². The maximum atomic E-state index is 11.3. The third-order valence-corrected chi connectivity index (χ3v) is 4.09. The van der Waals surface area contributed by atoms with Crippen LogP contribution in [0.4, 0.5) is 11.4 Å². The number of anilines is 1. The van der Waals surface area contributed by atoms with Gasteiger partial charge in [-0.25, -0.2) is 4.98 Å². The van der Waals surface area contributed by atoms with E-state index in [0.717, 1.165) is 11.3 Å². The number of nitro benzene ring substituents is 1. The minimum Gasteiger partial charge on any atom is -0.396 e. The van der Waals surface area contributed by atoms with Gasteiger partial charge in [0.1, 0.15) is 0 Å². The summed E-state index contributed by atoms with van der Waals surface area (Å²) in [6, 6.07) is 16.5. The first-order valence-electron chi connectivity index (χ1n) is 8.07. The van der Waals surface area contributed by atoms with Gasteiger partial charge in [0.2, 0.25) is 0 Å². The fourth-order valence-corrected chi connectivity index (χ4v) is 2.95. The second-order valence-electron chi connectivity index (χ2n) is 5.86. The molecule has 2 N–H and O–H groups in total. The molecule has 3 rings (SSSR count). The number of benzene rings is 2. The van der Waals surface area contributed by atoms with E-state index >= 15 is 0 Å². The van der Waals surface area contributed by atoms with E-state index in [1.54, 1.807) is 6.07 Å². The molecule has 0 aliphatic rings. The molecule has 0 bridgehead atoms. The Morgan fingerprint density at radius 3 is 2.64 bits per heavy atom. The minimum atomic E-state index is -0.416. The van der Waals surface area contributed by atoms with E-state index in [-0.39, 0.29) is 18.3 Å². The average Bonchev–Trinajstić information content (AvgIpc) is 2.61. The van der Waals surface area contributed by atoms with Gasteiger partial charge < -0.3 is 10.4 Å². The van der Waals surface area contributed by atoms with Crippen molar-refractivity contribution < 1.29 is 10.0 Å². The molecule has 3 aromatic rings. The molecule has 0 aliphatic carbocycles. The van der Waals surface area contributed by atoms with Crippen LogP contribution in [0.2, 0.25) is 0 Å². The second-order valence-corrected chi connectivity index (χ2v) is 5.86. The highest BCUT2D eigenvalue weighted by molar-refractivity contribution is 5.96. The fraction of sp³-hybridized carbons (Fsp3) is 0.211. The lowest BCUT2D eigenvalue weighted by Gasteiger charge is -2.21. The molecule has 0 saturated carbocycles. The number of nitrogens with one attached hydrogen (secondary N) is 1. The maximum absolute atomic E-state index is 11.3. The Balaban J connectivity index is 2.08. The number of non-ortho nitro benzene ring substituents is 1. The SMILES string of the molecule is Cc1cc(N[C@@H](CCO)c2ccccc2)c2cccc([N+](=O)[O-])c2n1. The van der Waals surface area contributed by atoms with Gasteiger partial charge in [0.15, 0.2) is 5.52 Å². The van der Waals surface area contributed by atoms with Gasteiger partial charge in [0.25, 0.3) is 5.69 Å². The van der Waals surface area contributed by atoms with Crippen molar-refractivity contribution in [2.45, 2.75) is 19.4 Å². The lowest BCUT2D eigenvalue weighted by molar-refractivity contribution is -0.383. The summed E-state index contributed by atoms with van der Waals surface area (Å²) in [6.45, 7) is 1.85. The van der Waals surface area contributed by atoms with Crippen molar-refractivity contribution in [3.05, 3.63) is 76.0 Å². The van der Waals surface area contributed by atoms with Crippen LogP contribution in [0.3, 0.4) is 0 Å². The van der Waals surface area contributed by atoms with Crippen LogP contribution in [-0.4, -0.2) is 21.6 Å². The molecule has 2 aromatic carbocycles. The van der Waals surface area contributed by atoms with Gasteiger partial charge in [-0.2, -0.15) is 0 Å². The van der Waals surface area contributed by atoms with E-state index in [1.807, 2.05) is 49.4 Å². The van der Waals surface area contributed by atoms with Gasteiger partial charge in [0.05, 0.1) is 11.0 Å². The van der Waals surface area contributed by atoms with Crippen LogP contribution in [0.15, 0.2) is 54.6 Å². The zero-order valence-corrected chi connectivity index (χ0v) is 13.8. The van der Waals surface area contributed by atoms with Crippen molar-refractivity contribution in [1.29, 1.82) is 0 Å². The second kappa shape index (κ2) is 7.27. The van der Waals surface area contributed by atoms with Crippen LogP contribution >= 0.6 is 0 Å². The summed E-state index contributed by atoms with van der Waals surface area (Å²) in [5.74, 6) is 0. The van der Waals surface area contributed by atoms with Gasteiger partial charge in [-0.1, -0.05) is 42.5 Å². The molecule has 0 aliphatic heterocycles. The molecule has 0 saturated heterocycles. The summed E-state index contributed by atoms with van der Waals surface area (Å²) in [4.78, 5) is 15.2. The molecule has 6 nitrogen and oxygen atoms in total. The fourth-order valence-electron chi connectivity index (χ4n) is 2.95. The summed E-state index contributed by atoms with van der Waals surface area (Å²) in [6.07, 6.45) is 0.530. The average molecular weight is 337 g/mol. The number of aryl methyl sites for hydroxylation is 1. The van der Waals surface area contributed by atoms with Crippen molar-refractivity contribution in [1.82, 2.24) is 4.98 Å². The van der Waals surface area contributed by atoms with Crippen LogP contribution in [0.25, 0.3) is 10.9 Å². The number of hydrogen-bond acceptors (Lipinski definition) is 5. The van der Waals surface area contributed by atoms with Crippen LogP contribution in [0, 0.1) is 17.0 Å². The zero-order chi connectivity index (χ0) is 17.8. The molecule has 0 unspecified atom stereocenters. The number of aliphatic hydroxyl groups excluding tert-OH is 1. The van der Waals surface area contributed by atoms with Crippen LogP contribution < -0.4 is 5.32 Å². The highest BCUT2D eigenvalue weighted by atomic mass is 16.6. The third-order valence-electron chi connectivity index (χ3n) is 4.09. The van der Waals surface area contributed by atoms with Crippen molar-refractivity contribution in [2.75, 3.05) is 11.9 Å². The maximum Gasteiger partial charge on any atom is 0.295 e. The third kappa shape index (κ3) is 3.59. The molecule has 0 spiro atoms. The van der Waals surface area contributed by atoms with Gasteiger partial charge in [-0.05, 0) is 25.0 Å². The largest absolute Gasteiger partial charge is 0.396 e. The molecule has 25 heavy (non-hydrogen) atoms. The predicted octanol–water partition coefficient (Wildman–Crippen LogP) is 3.99. The van der Waals surface area contributed by atoms with Crippen molar-refractivity contribution in [2.24, 2.45) is 0 Å². The molecule has 0 fully saturated rings. The van der Waals surface area contributed by atoms with E-state index in [2.05, 4.69) is 10.3 Å². The molecule has 0 amide bonds. The Morgan fingerprint density at radius 2 is 1.96 bits per heavy atom. The topological polar surface area (TPSA) is 88.3 Å². The predicted molar refractivity (Wildman–Crippen MR) is 97.6 cm³/mol. The van der Waals surface area contributed by atoms with Gasteiger partial charge in [-0.15, -0.1) is 0 Å². The Morgan fingerprint density at radius 1 is 1.20 bits per heavy atom. The Kier molecular flexibility index (Phi) is 4.90. The number of aliphatic hydroxyl groups is 1. The molecule has 1 heterocycles. The monoisotopic (exact) mass is 337 g/mol. The number of nitrogens with zero attached hydrogens (tertiary/aromatic N) is 2. The summed E-state index contributed by atoms with van der Waals surface area (Å²) in [5.41, 5.74) is 2.87. The first-order valence-corrected chi connectivity index (χ1v) is 8.07. The van der Waals surface area contributed by atoms with E-state index in [9.17, 15) is 15.2 Å². The Bertz CT molecular complexity index is 897. The number of aromatic nitrogens is 1. The quantitative estimate of drug-likeness (QED) is 0.524. The lowest BCUT2D eigenvalue weighted by Crippen LogP contribution is -2.13. The molecular weight excluding hydrogens is 318 g/mol. The summed E-state index contributed by atoms with van der Waals surface area (Å²) >= 11 is 0. The van der Waals surface area contributed by atoms with E-state index in [4.69, 9.17) is 0 Å². The van der Waals surface area contributed by atoms with Crippen molar-refractivity contribution in [3.8, 4) is 0 Å². The number of pyridine rings is 1. The van der Waals surface area contributed by atoms with Crippen LogP contribution in [0.5, 0.6) is 0 Å². The van der Waals surface area contributed by atoms with Gasteiger partial charge >= 0.3 is 0 Å². The molecule has 6 heteroatoms. The summed E-state index contributed by atoms with van der Waals surface area (Å²) in [5, 5.41) is 24.8. The molecule has 128 valence electrons. The minimum absolute atomic E-state index is 0.0114. The van der Waals surface area contributed by atoms with E-state index in [0.29, 0.717) is 23.0 Å². The van der Waals surface area contributed by atoms with Gasteiger partial charge in [0, 0.05) is 29.4 Å². The lowest BCUT2D eigenvalue weighted by atomic mass is 10.0. The molecular formula is C19H19N3O3. The molecule has 1 atom stereocenters.